The van der Waals surface area contributed by atoms with Crippen molar-refractivity contribution in [2.75, 3.05) is 0 Å². The smallest absolute Gasteiger partial charge is 0.741 e. The summed E-state index contributed by atoms with van der Waals surface area (Å²) in [6.07, 6.45) is 8.98. The molecule has 2 bridgehead atoms. The Balaban J connectivity index is 0.00000133. The molecule has 8 nitrogen and oxygen atoms in total. The number of nitrogens with two attached hydrogens (primary N) is 1. The summed E-state index contributed by atoms with van der Waals surface area (Å²) < 4.78 is 5.79. The Hall–Kier alpha value is -1.25. The molecular formula is C19H28CuN4O4S2. The third kappa shape index (κ3) is 5.51. The van der Waals surface area contributed by atoms with E-state index in [1.807, 2.05) is 12.1 Å². The topological polar surface area (TPSA) is 171 Å². The molecule has 3 fully saturated rings. The molecule has 7 N–H and O–H groups in total. The molecule has 3 aliphatic rings. The van der Waals surface area contributed by atoms with Crippen LogP contribution in [-0.2, 0) is 42.3 Å². The molecule has 5 atom stereocenters. The van der Waals surface area contributed by atoms with Crippen LogP contribution in [0.1, 0.15) is 56.6 Å². The third-order valence-corrected chi connectivity index (χ3v) is 6.42. The van der Waals surface area contributed by atoms with Crippen molar-refractivity contribution in [1.29, 1.82) is 5.26 Å². The van der Waals surface area contributed by atoms with Crippen LogP contribution in [-0.4, -0.2) is 32.5 Å². The minimum absolute atomic E-state index is 0. The SMILES string of the molecule is N#C[S-].N/C([S-])=N/N=C1\C2CCCC1C1(O)CCCCC1C2c1ccco1.O.O.[Cu+2]. The predicted octanol–water partition coefficient (Wildman–Crippen LogP) is 1.29. The van der Waals surface area contributed by atoms with E-state index >= 15 is 0 Å². The number of aliphatic hydroxyl groups is 1. The normalized spacial score (nSPS) is 33.2. The van der Waals surface area contributed by atoms with E-state index in [1.54, 1.807) is 6.26 Å². The first kappa shape index (κ1) is 28.7. The molecule has 171 valence electrons. The Morgan fingerprint density at radius 1 is 1.27 bits per heavy atom. The van der Waals surface area contributed by atoms with Gasteiger partial charge in [0.1, 0.15) is 5.76 Å². The maximum atomic E-state index is 11.7. The number of thiocyanates is 1. The third-order valence-electron chi connectivity index (χ3n) is 6.34. The largest absolute Gasteiger partial charge is 2.00 e. The quantitative estimate of drug-likeness (QED) is 0.154. The number of rotatable bonds is 2. The van der Waals surface area contributed by atoms with Gasteiger partial charge in [-0.15, -0.1) is 0 Å². The first-order valence-corrected chi connectivity index (χ1v) is 10.2. The Morgan fingerprint density at radius 3 is 2.57 bits per heavy atom. The average Bonchev–Trinajstić information content (AvgIpc) is 3.16. The van der Waals surface area contributed by atoms with Crippen LogP contribution in [0.2, 0.25) is 0 Å². The molecule has 1 heterocycles. The molecule has 0 aromatic carbocycles. The molecule has 1 aromatic rings. The zero-order chi connectivity index (χ0) is 19.4. The maximum Gasteiger partial charge on any atom is 2.00 e. The fraction of sp³-hybridized carbons (Fsp3) is 0.632. The number of hydrogen-bond acceptors (Lipinski definition) is 7. The van der Waals surface area contributed by atoms with E-state index in [9.17, 15) is 5.11 Å². The molecular weight excluding hydrogens is 476 g/mol. The second-order valence-electron chi connectivity index (χ2n) is 7.53. The number of nitrogens with zero attached hydrogens (tertiary/aromatic N) is 3. The van der Waals surface area contributed by atoms with Gasteiger partial charge in [0.25, 0.3) is 0 Å². The van der Waals surface area contributed by atoms with Crippen molar-refractivity contribution >= 4 is 36.1 Å². The van der Waals surface area contributed by atoms with E-state index in [4.69, 9.17) is 28.0 Å². The zero-order valence-electron chi connectivity index (χ0n) is 16.4. The van der Waals surface area contributed by atoms with E-state index in [0.717, 1.165) is 50.0 Å². The Bertz CT molecular complexity index is 752. The van der Waals surface area contributed by atoms with Gasteiger partial charge in [0.05, 0.1) is 17.6 Å². The summed E-state index contributed by atoms with van der Waals surface area (Å²) in [5, 5.41) is 28.6. The van der Waals surface area contributed by atoms with Crippen LogP contribution in [0.3, 0.4) is 0 Å². The second kappa shape index (κ2) is 12.6. The first-order valence-electron chi connectivity index (χ1n) is 9.37. The molecule has 0 saturated heterocycles. The number of nitriles is 1. The van der Waals surface area contributed by atoms with Gasteiger partial charge < -0.3 is 51.5 Å². The fourth-order valence-electron chi connectivity index (χ4n) is 5.51. The molecule has 30 heavy (non-hydrogen) atoms. The van der Waals surface area contributed by atoms with Gasteiger partial charge >= 0.3 is 17.1 Å². The van der Waals surface area contributed by atoms with Crippen LogP contribution in [0.5, 0.6) is 0 Å². The van der Waals surface area contributed by atoms with Crippen LogP contribution < -0.4 is 5.73 Å². The molecule has 4 rings (SSSR count). The van der Waals surface area contributed by atoms with Crippen molar-refractivity contribution in [2.24, 2.45) is 33.7 Å². The summed E-state index contributed by atoms with van der Waals surface area (Å²) in [6, 6.07) is 3.97. The van der Waals surface area contributed by atoms with Gasteiger partial charge in [-0.05, 0) is 48.9 Å². The van der Waals surface area contributed by atoms with Gasteiger partial charge in [0.2, 0.25) is 0 Å². The van der Waals surface area contributed by atoms with E-state index < -0.39 is 5.60 Å². The Morgan fingerprint density at radius 2 is 1.97 bits per heavy atom. The minimum atomic E-state index is -0.711. The van der Waals surface area contributed by atoms with Gasteiger partial charge in [0, 0.05) is 17.8 Å². The Labute approximate surface area is 198 Å². The van der Waals surface area contributed by atoms with Crippen LogP contribution in [0.4, 0.5) is 0 Å². The summed E-state index contributed by atoms with van der Waals surface area (Å²) in [5.41, 5.74) is 5.80. The number of fused-ring (bicyclic) bond motifs is 4. The van der Waals surface area contributed by atoms with E-state index in [1.165, 1.54) is 11.8 Å². The molecule has 0 amide bonds. The molecule has 1 aromatic heterocycles. The number of furan rings is 1. The maximum absolute atomic E-state index is 11.7. The average molecular weight is 504 g/mol. The minimum Gasteiger partial charge on any atom is -0.741 e. The molecule has 0 aliphatic heterocycles. The van der Waals surface area contributed by atoms with Crippen molar-refractivity contribution in [3.8, 4) is 5.40 Å². The van der Waals surface area contributed by atoms with Gasteiger partial charge in [-0.1, -0.05) is 24.7 Å². The van der Waals surface area contributed by atoms with Crippen molar-refractivity contribution in [1.82, 2.24) is 0 Å². The summed E-state index contributed by atoms with van der Waals surface area (Å²) in [5.74, 6) is 1.70. The van der Waals surface area contributed by atoms with Gasteiger partial charge in [-0.25, -0.2) is 5.26 Å². The summed E-state index contributed by atoms with van der Waals surface area (Å²) in [4.78, 5) is 0. The van der Waals surface area contributed by atoms with E-state index in [2.05, 4.69) is 22.8 Å². The molecule has 0 spiro atoms. The van der Waals surface area contributed by atoms with Gasteiger partial charge in [-0.3, -0.25) is 0 Å². The summed E-state index contributed by atoms with van der Waals surface area (Å²) in [7, 11) is 0. The monoisotopic (exact) mass is 503 g/mol. The fourth-order valence-corrected chi connectivity index (χ4v) is 5.55. The van der Waals surface area contributed by atoms with Crippen molar-refractivity contribution < 1.29 is 37.5 Å². The van der Waals surface area contributed by atoms with Crippen molar-refractivity contribution in [2.45, 2.75) is 56.5 Å². The van der Waals surface area contributed by atoms with Crippen LogP contribution >= 0.6 is 0 Å². The zero-order valence-corrected chi connectivity index (χ0v) is 19.0. The second-order valence-corrected chi connectivity index (χ2v) is 8.13. The first-order chi connectivity index (χ1) is 13.0. The van der Waals surface area contributed by atoms with Crippen LogP contribution in [0.25, 0.3) is 0 Å². The summed E-state index contributed by atoms with van der Waals surface area (Å²) >= 11 is 8.57. The predicted molar refractivity (Wildman–Crippen MR) is 116 cm³/mol. The van der Waals surface area contributed by atoms with Gasteiger partial charge in [-0.2, -0.15) is 10.2 Å². The van der Waals surface area contributed by atoms with Crippen molar-refractivity contribution in [3.05, 3.63) is 24.2 Å². The standard InChI is InChI=1S/C18H25N3O2S.CHNS.Cu.2H2O/c19-17(24)21-20-16-11-5-3-7-13(16)18(22)9-2-1-6-12(18)15(11)14-8-4-10-23-14;2-1-3;;;/h4,8,10-13,15,22H,1-3,5-7,9H2,(H3,19,21,24);3H;;2*1H2/q;;+2;;/p-2/b20-16+;;;;. The molecule has 3 saturated carbocycles. The summed E-state index contributed by atoms with van der Waals surface area (Å²) in [6.45, 7) is 0. The number of amidine groups is 1. The van der Waals surface area contributed by atoms with Crippen LogP contribution in [0, 0.1) is 28.4 Å². The molecule has 5 unspecified atom stereocenters. The molecule has 1 radical (unpaired) electrons. The van der Waals surface area contributed by atoms with Crippen LogP contribution in [0.15, 0.2) is 33.0 Å². The number of hydrogen-bond donors (Lipinski definition) is 2. The van der Waals surface area contributed by atoms with Crippen molar-refractivity contribution in [3.63, 3.8) is 0 Å². The molecule has 3 aliphatic carbocycles. The van der Waals surface area contributed by atoms with E-state index in [-0.39, 0.29) is 56.9 Å². The van der Waals surface area contributed by atoms with E-state index in [0.29, 0.717) is 0 Å². The Kier molecular flexibility index (Phi) is 12.0. The van der Waals surface area contributed by atoms with Gasteiger partial charge in [0.15, 0.2) is 0 Å². The molecule has 11 heteroatoms.